The lowest BCUT2D eigenvalue weighted by atomic mass is 10.0. The normalized spacial score (nSPS) is 12.4. The highest BCUT2D eigenvalue weighted by Gasteiger charge is 2.24. The second kappa shape index (κ2) is 11.0. The molecule has 2 aromatic rings. The summed E-state index contributed by atoms with van der Waals surface area (Å²) < 4.78 is 15.9. The Labute approximate surface area is 184 Å². The van der Waals surface area contributed by atoms with Crippen molar-refractivity contribution in [1.82, 2.24) is 10.2 Å². The molecule has 0 aliphatic carbocycles. The number of hydrogen-bond acceptors (Lipinski definition) is 6. The van der Waals surface area contributed by atoms with Gasteiger partial charge >= 0.3 is 0 Å². The van der Waals surface area contributed by atoms with Gasteiger partial charge in [0.25, 0.3) is 5.91 Å². The number of β-amino-alcohol motifs (C(OH)–C–C–N with tert-alkyl or cyclic N) is 1. The van der Waals surface area contributed by atoms with Gasteiger partial charge in [-0.05, 0) is 38.5 Å². The Balaban J connectivity index is 2.03. The van der Waals surface area contributed by atoms with Gasteiger partial charge in [-0.1, -0.05) is 30.3 Å². The molecule has 0 aromatic heterocycles. The number of rotatable bonds is 10. The highest BCUT2D eigenvalue weighted by molar-refractivity contribution is 5.95. The first-order valence-corrected chi connectivity index (χ1v) is 10.2. The molecule has 31 heavy (non-hydrogen) atoms. The lowest BCUT2D eigenvalue weighted by Crippen LogP contribution is -2.47. The van der Waals surface area contributed by atoms with Crippen molar-refractivity contribution < 1.29 is 24.1 Å². The number of carbonyl (C=O) groups excluding carboxylic acids is 1. The van der Waals surface area contributed by atoms with Gasteiger partial charge in [-0.25, -0.2) is 0 Å². The minimum Gasteiger partial charge on any atom is -0.493 e. The van der Waals surface area contributed by atoms with Gasteiger partial charge in [0.15, 0.2) is 11.5 Å². The van der Waals surface area contributed by atoms with Crippen molar-refractivity contribution >= 4 is 5.91 Å². The van der Waals surface area contributed by atoms with Crippen LogP contribution in [-0.2, 0) is 6.54 Å². The standard InChI is InChI=1S/C24H34N2O5/c1-24(2,3)26(15-17-10-8-7-9-11-17)16-19(27)14-25-23(28)18-12-20(29-4)22(31-6)21(13-18)30-5/h7-13,19,27H,14-16H2,1-6H3,(H,25,28). The third-order valence-corrected chi connectivity index (χ3v) is 5.02. The zero-order chi connectivity index (χ0) is 23.0. The van der Waals surface area contributed by atoms with Gasteiger partial charge < -0.3 is 24.6 Å². The average Bonchev–Trinajstić information content (AvgIpc) is 2.75. The number of benzene rings is 2. The Morgan fingerprint density at radius 1 is 1.03 bits per heavy atom. The second-order valence-electron chi connectivity index (χ2n) is 8.31. The highest BCUT2D eigenvalue weighted by atomic mass is 16.5. The summed E-state index contributed by atoms with van der Waals surface area (Å²) in [5, 5.41) is 13.4. The third-order valence-electron chi connectivity index (χ3n) is 5.02. The first-order chi connectivity index (χ1) is 14.7. The molecular formula is C24H34N2O5. The number of nitrogens with zero attached hydrogens (tertiary/aromatic N) is 1. The van der Waals surface area contributed by atoms with Gasteiger partial charge in [0.05, 0.1) is 27.4 Å². The fraction of sp³-hybridized carbons (Fsp3) is 0.458. The molecule has 1 atom stereocenters. The van der Waals surface area contributed by atoms with Crippen molar-refractivity contribution in [2.45, 2.75) is 39.0 Å². The van der Waals surface area contributed by atoms with E-state index in [0.717, 1.165) is 0 Å². The fourth-order valence-electron chi connectivity index (χ4n) is 3.22. The summed E-state index contributed by atoms with van der Waals surface area (Å²) in [4.78, 5) is 14.9. The molecule has 0 aliphatic rings. The minimum absolute atomic E-state index is 0.122. The fourth-order valence-corrected chi connectivity index (χ4v) is 3.22. The summed E-state index contributed by atoms with van der Waals surface area (Å²) >= 11 is 0. The summed E-state index contributed by atoms with van der Waals surface area (Å²) in [5.41, 5.74) is 1.39. The molecule has 0 heterocycles. The SMILES string of the molecule is COc1cc(C(=O)NCC(O)CN(Cc2ccccc2)C(C)(C)C)cc(OC)c1OC. The van der Waals surface area contributed by atoms with Crippen molar-refractivity contribution in [3.8, 4) is 17.2 Å². The highest BCUT2D eigenvalue weighted by Crippen LogP contribution is 2.38. The zero-order valence-electron chi connectivity index (χ0n) is 19.3. The Kier molecular flexibility index (Phi) is 8.71. The minimum atomic E-state index is -0.728. The van der Waals surface area contributed by atoms with E-state index in [-0.39, 0.29) is 18.0 Å². The number of ether oxygens (including phenoxy) is 3. The van der Waals surface area contributed by atoms with Crippen LogP contribution >= 0.6 is 0 Å². The van der Waals surface area contributed by atoms with Crippen LogP contribution in [0.3, 0.4) is 0 Å². The van der Waals surface area contributed by atoms with Crippen LogP contribution in [0.1, 0.15) is 36.7 Å². The predicted molar refractivity (Wildman–Crippen MR) is 121 cm³/mol. The summed E-state index contributed by atoms with van der Waals surface area (Å²) in [7, 11) is 4.50. The quantitative estimate of drug-likeness (QED) is 0.603. The number of methoxy groups -OCH3 is 3. The van der Waals surface area contributed by atoms with Gasteiger partial charge in [-0.3, -0.25) is 9.69 Å². The molecule has 0 aliphatic heterocycles. The van der Waals surface area contributed by atoms with E-state index in [4.69, 9.17) is 14.2 Å². The average molecular weight is 431 g/mol. The summed E-state index contributed by atoms with van der Waals surface area (Å²) in [6.07, 6.45) is -0.728. The van der Waals surface area contributed by atoms with E-state index in [1.54, 1.807) is 12.1 Å². The van der Waals surface area contributed by atoms with Crippen molar-refractivity contribution in [2.75, 3.05) is 34.4 Å². The first kappa shape index (κ1) is 24.5. The van der Waals surface area contributed by atoms with Crippen LogP contribution in [0.2, 0.25) is 0 Å². The monoisotopic (exact) mass is 430 g/mol. The Morgan fingerprint density at radius 2 is 1.61 bits per heavy atom. The first-order valence-electron chi connectivity index (χ1n) is 10.2. The van der Waals surface area contributed by atoms with E-state index in [0.29, 0.717) is 35.9 Å². The van der Waals surface area contributed by atoms with Crippen molar-refractivity contribution in [3.63, 3.8) is 0 Å². The van der Waals surface area contributed by atoms with E-state index < -0.39 is 6.10 Å². The van der Waals surface area contributed by atoms with Crippen LogP contribution in [0.15, 0.2) is 42.5 Å². The van der Waals surface area contributed by atoms with Crippen LogP contribution < -0.4 is 19.5 Å². The van der Waals surface area contributed by atoms with Crippen LogP contribution in [0.4, 0.5) is 0 Å². The number of aliphatic hydroxyl groups is 1. The topological polar surface area (TPSA) is 80.3 Å². The van der Waals surface area contributed by atoms with Crippen molar-refractivity contribution in [2.24, 2.45) is 0 Å². The maximum Gasteiger partial charge on any atom is 0.251 e. The Morgan fingerprint density at radius 3 is 2.10 bits per heavy atom. The number of hydrogen-bond donors (Lipinski definition) is 2. The largest absolute Gasteiger partial charge is 0.493 e. The molecule has 0 saturated heterocycles. The van der Waals surface area contributed by atoms with Crippen LogP contribution in [0.25, 0.3) is 0 Å². The number of carbonyl (C=O) groups is 1. The molecule has 1 amide bonds. The van der Waals surface area contributed by atoms with Crippen LogP contribution in [0, 0.1) is 0 Å². The Bertz CT molecular complexity index is 824. The summed E-state index contributed by atoms with van der Waals surface area (Å²) in [6.45, 7) is 7.58. The molecular weight excluding hydrogens is 396 g/mol. The molecule has 0 bridgehead atoms. The number of nitrogens with one attached hydrogen (secondary N) is 1. The molecule has 7 nitrogen and oxygen atoms in total. The van der Waals surface area contributed by atoms with Gasteiger partial charge in [-0.2, -0.15) is 0 Å². The lowest BCUT2D eigenvalue weighted by molar-refractivity contribution is 0.0512. The predicted octanol–water partition coefficient (Wildman–Crippen LogP) is 3.10. The van der Waals surface area contributed by atoms with Crippen LogP contribution in [0.5, 0.6) is 17.2 Å². The van der Waals surface area contributed by atoms with Gasteiger partial charge in [0, 0.05) is 30.7 Å². The molecule has 2 aromatic carbocycles. The summed E-state index contributed by atoms with van der Waals surface area (Å²) in [6, 6.07) is 13.3. The van der Waals surface area contributed by atoms with Crippen molar-refractivity contribution in [1.29, 1.82) is 0 Å². The maximum absolute atomic E-state index is 12.7. The Hall–Kier alpha value is -2.77. The molecule has 170 valence electrons. The second-order valence-corrected chi connectivity index (χ2v) is 8.31. The van der Waals surface area contributed by atoms with Crippen LogP contribution in [-0.4, -0.2) is 62.0 Å². The van der Waals surface area contributed by atoms with E-state index in [2.05, 4.69) is 43.1 Å². The lowest BCUT2D eigenvalue weighted by Gasteiger charge is -2.37. The van der Waals surface area contributed by atoms with E-state index in [9.17, 15) is 9.90 Å². The maximum atomic E-state index is 12.7. The molecule has 2 rings (SSSR count). The number of aliphatic hydroxyl groups excluding tert-OH is 1. The smallest absolute Gasteiger partial charge is 0.251 e. The van der Waals surface area contributed by atoms with E-state index in [1.165, 1.54) is 26.9 Å². The van der Waals surface area contributed by atoms with E-state index in [1.807, 2.05) is 18.2 Å². The molecule has 0 spiro atoms. The van der Waals surface area contributed by atoms with E-state index >= 15 is 0 Å². The molecule has 0 saturated carbocycles. The van der Waals surface area contributed by atoms with Gasteiger partial charge in [0.2, 0.25) is 5.75 Å². The summed E-state index contributed by atoms with van der Waals surface area (Å²) in [5.74, 6) is 0.885. The van der Waals surface area contributed by atoms with Crippen molar-refractivity contribution in [3.05, 3.63) is 53.6 Å². The molecule has 2 N–H and O–H groups in total. The number of amides is 1. The third kappa shape index (κ3) is 6.87. The molecule has 1 unspecified atom stereocenters. The van der Waals surface area contributed by atoms with Gasteiger partial charge in [-0.15, -0.1) is 0 Å². The zero-order valence-corrected chi connectivity index (χ0v) is 19.3. The van der Waals surface area contributed by atoms with Gasteiger partial charge in [0.1, 0.15) is 0 Å². The molecule has 7 heteroatoms. The molecule has 0 radical (unpaired) electrons. The molecule has 0 fully saturated rings.